The summed E-state index contributed by atoms with van der Waals surface area (Å²) < 4.78 is 28.3. The maximum atomic E-state index is 13.0. The lowest BCUT2D eigenvalue weighted by Crippen LogP contribution is -2.55. The molecule has 0 radical (unpaired) electrons. The molecule has 34 heavy (non-hydrogen) atoms. The normalized spacial score (nSPS) is 29.1. The smallest absolute Gasteiger partial charge is 0.242 e. The molecule has 1 N–H and O–H groups in total. The number of aryl methyl sites for hydroxylation is 2. The number of sulfonamides is 1. The van der Waals surface area contributed by atoms with Gasteiger partial charge in [-0.2, -0.15) is 0 Å². The van der Waals surface area contributed by atoms with E-state index in [-0.39, 0.29) is 16.8 Å². The summed E-state index contributed by atoms with van der Waals surface area (Å²) in [7, 11) is -0.464. The molecular formula is C26H38N4O3S. The van der Waals surface area contributed by atoms with Crippen molar-refractivity contribution in [1.29, 1.82) is 0 Å². The zero-order valence-corrected chi connectivity index (χ0v) is 21.7. The number of carbonyl (C=O) groups is 1. The van der Waals surface area contributed by atoms with Gasteiger partial charge in [0.25, 0.3) is 0 Å². The average molecular weight is 487 g/mol. The van der Waals surface area contributed by atoms with E-state index < -0.39 is 10.0 Å². The summed E-state index contributed by atoms with van der Waals surface area (Å²) in [5, 5.41) is 3.36. The lowest BCUT2D eigenvalue weighted by atomic mass is 9.48. The van der Waals surface area contributed by atoms with Crippen molar-refractivity contribution in [2.45, 2.75) is 82.7 Å². The summed E-state index contributed by atoms with van der Waals surface area (Å²) in [5.41, 5.74) is 1.86. The van der Waals surface area contributed by atoms with Crippen LogP contribution in [-0.4, -0.2) is 48.3 Å². The molecule has 186 valence electrons. The third-order valence-corrected chi connectivity index (χ3v) is 10.7. The number of imidazole rings is 1. The highest BCUT2D eigenvalue weighted by Crippen LogP contribution is 2.61. The first-order chi connectivity index (χ1) is 16.1. The van der Waals surface area contributed by atoms with E-state index in [2.05, 4.69) is 16.8 Å². The van der Waals surface area contributed by atoms with Gasteiger partial charge >= 0.3 is 0 Å². The van der Waals surface area contributed by atoms with E-state index in [4.69, 9.17) is 4.98 Å². The number of benzene rings is 1. The van der Waals surface area contributed by atoms with Gasteiger partial charge in [-0.3, -0.25) is 4.79 Å². The molecule has 4 fully saturated rings. The van der Waals surface area contributed by atoms with Gasteiger partial charge in [0, 0.05) is 39.5 Å². The van der Waals surface area contributed by atoms with E-state index in [0.717, 1.165) is 35.6 Å². The minimum atomic E-state index is -3.52. The summed E-state index contributed by atoms with van der Waals surface area (Å²) >= 11 is 0. The monoisotopic (exact) mass is 486 g/mol. The van der Waals surface area contributed by atoms with Gasteiger partial charge in [-0.25, -0.2) is 17.7 Å². The topological polar surface area (TPSA) is 84.3 Å². The second kappa shape index (κ2) is 8.63. The highest BCUT2D eigenvalue weighted by molar-refractivity contribution is 7.89. The van der Waals surface area contributed by atoms with Crippen molar-refractivity contribution in [1.82, 2.24) is 19.2 Å². The molecule has 0 unspecified atom stereocenters. The van der Waals surface area contributed by atoms with E-state index in [1.165, 1.54) is 56.9 Å². The number of hydrogen-bond acceptors (Lipinski definition) is 4. The van der Waals surface area contributed by atoms with Crippen LogP contribution in [0.3, 0.4) is 0 Å². The van der Waals surface area contributed by atoms with Crippen molar-refractivity contribution in [2.24, 2.45) is 23.2 Å². The van der Waals surface area contributed by atoms with Gasteiger partial charge in [-0.1, -0.05) is 0 Å². The predicted molar refractivity (Wildman–Crippen MR) is 133 cm³/mol. The van der Waals surface area contributed by atoms with Crippen molar-refractivity contribution in [3.63, 3.8) is 0 Å². The molecule has 2 aromatic rings. The Morgan fingerprint density at radius 2 is 1.79 bits per heavy atom. The molecule has 1 amide bonds. The molecule has 1 atom stereocenters. The van der Waals surface area contributed by atoms with E-state index in [9.17, 15) is 13.2 Å². The number of hydrogen-bond donors (Lipinski definition) is 1. The van der Waals surface area contributed by atoms with Gasteiger partial charge in [0.05, 0.1) is 15.9 Å². The number of aromatic nitrogens is 2. The Kier molecular flexibility index (Phi) is 6.04. The van der Waals surface area contributed by atoms with Gasteiger partial charge in [-0.15, -0.1) is 0 Å². The first-order valence-corrected chi connectivity index (χ1v) is 14.3. The summed E-state index contributed by atoms with van der Waals surface area (Å²) in [6.07, 6.45) is 9.00. The Bertz CT molecular complexity index is 1160. The molecule has 1 aromatic heterocycles. The van der Waals surface area contributed by atoms with Crippen molar-refractivity contribution < 1.29 is 13.2 Å². The summed E-state index contributed by atoms with van der Waals surface area (Å²) in [5.74, 6) is 3.53. The molecular weight excluding hydrogens is 448 g/mol. The van der Waals surface area contributed by atoms with Crippen LogP contribution in [-0.2, 0) is 27.8 Å². The average Bonchev–Trinajstić information content (AvgIpc) is 3.13. The minimum absolute atomic E-state index is 0.0915. The third kappa shape index (κ3) is 4.06. The van der Waals surface area contributed by atoms with Crippen LogP contribution in [0.25, 0.3) is 11.0 Å². The highest BCUT2D eigenvalue weighted by atomic mass is 32.2. The van der Waals surface area contributed by atoms with Gasteiger partial charge in [-0.05, 0) is 93.7 Å². The minimum Gasteiger partial charge on any atom is -0.353 e. The van der Waals surface area contributed by atoms with Crippen molar-refractivity contribution >= 4 is 27.0 Å². The van der Waals surface area contributed by atoms with Crippen LogP contribution in [0.1, 0.15) is 64.6 Å². The number of nitrogens with zero attached hydrogens (tertiary/aromatic N) is 3. The van der Waals surface area contributed by atoms with Crippen molar-refractivity contribution in [3.05, 3.63) is 24.0 Å². The Morgan fingerprint density at radius 1 is 1.18 bits per heavy atom. The Balaban J connectivity index is 1.27. The quantitative estimate of drug-likeness (QED) is 0.612. The Morgan fingerprint density at radius 3 is 2.35 bits per heavy atom. The molecule has 0 saturated heterocycles. The third-order valence-electron chi connectivity index (χ3n) is 8.85. The van der Waals surface area contributed by atoms with Crippen LogP contribution in [0.5, 0.6) is 0 Å². The second-order valence-electron chi connectivity index (χ2n) is 11.3. The van der Waals surface area contributed by atoms with Crippen LogP contribution in [0.2, 0.25) is 0 Å². The van der Waals surface area contributed by atoms with Crippen LogP contribution in [0.15, 0.2) is 23.1 Å². The van der Waals surface area contributed by atoms with Crippen molar-refractivity contribution in [2.75, 3.05) is 14.1 Å². The maximum Gasteiger partial charge on any atom is 0.242 e. The van der Waals surface area contributed by atoms with Crippen LogP contribution < -0.4 is 5.32 Å². The molecule has 0 spiro atoms. The maximum absolute atomic E-state index is 13.0. The zero-order chi connectivity index (χ0) is 24.3. The standard InChI is InChI=1S/C26H38N4O3S/c1-5-30-23-7-6-21(34(32,33)29(3)4)13-22(23)28-24(30)8-9-25(31)27-17(2)26-14-18-10-19(15-26)12-20(11-18)16-26/h6-7,13,17-20H,5,8-12,14-16H2,1-4H3,(H,27,31)/t17-,18?,19?,20?,26?/m1/s1. The fraction of sp³-hybridized carbons (Fsp3) is 0.692. The van der Waals surface area contributed by atoms with Gasteiger partial charge in [0.1, 0.15) is 5.82 Å². The lowest BCUT2D eigenvalue weighted by molar-refractivity contribution is -0.125. The predicted octanol–water partition coefficient (Wildman–Crippen LogP) is 3.96. The van der Waals surface area contributed by atoms with E-state index in [1.54, 1.807) is 12.1 Å². The second-order valence-corrected chi connectivity index (χ2v) is 13.4. The lowest BCUT2D eigenvalue weighted by Gasteiger charge is -2.59. The number of nitrogens with one attached hydrogen (secondary N) is 1. The molecule has 4 bridgehead atoms. The van der Waals surface area contributed by atoms with E-state index in [1.807, 2.05) is 13.0 Å². The summed E-state index contributed by atoms with van der Waals surface area (Å²) in [4.78, 5) is 17.9. The van der Waals surface area contributed by atoms with E-state index >= 15 is 0 Å². The molecule has 4 aliphatic rings. The number of carbonyl (C=O) groups excluding carboxylic acids is 1. The van der Waals surface area contributed by atoms with Crippen LogP contribution in [0, 0.1) is 23.2 Å². The molecule has 0 aliphatic heterocycles. The fourth-order valence-electron chi connectivity index (χ4n) is 7.47. The number of rotatable bonds is 8. The Labute approximate surface area is 203 Å². The summed E-state index contributed by atoms with van der Waals surface area (Å²) in [6.45, 7) is 4.99. The number of fused-ring (bicyclic) bond motifs is 1. The number of amides is 1. The zero-order valence-electron chi connectivity index (χ0n) is 20.9. The summed E-state index contributed by atoms with van der Waals surface area (Å²) in [6, 6.07) is 5.31. The first kappa shape index (κ1) is 23.8. The Hall–Kier alpha value is -1.93. The highest BCUT2D eigenvalue weighted by Gasteiger charge is 2.53. The molecule has 4 saturated carbocycles. The van der Waals surface area contributed by atoms with E-state index in [0.29, 0.717) is 23.8 Å². The van der Waals surface area contributed by atoms with Crippen LogP contribution in [0.4, 0.5) is 0 Å². The molecule has 7 nitrogen and oxygen atoms in total. The fourth-order valence-corrected chi connectivity index (χ4v) is 8.40. The molecule has 1 heterocycles. The first-order valence-electron chi connectivity index (χ1n) is 12.8. The van der Waals surface area contributed by atoms with Gasteiger partial charge in [0.15, 0.2) is 0 Å². The van der Waals surface area contributed by atoms with Gasteiger partial charge < -0.3 is 9.88 Å². The van der Waals surface area contributed by atoms with Gasteiger partial charge in [0.2, 0.25) is 15.9 Å². The molecule has 8 heteroatoms. The SMILES string of the molecule is CCn1c(CCC(=O)N[C@H](C)C23CC4CC(CC(C4)C2)C3)nc2cc(S(=O)(=O)N(C)C)ccc21. The largest absolute Gasteiger partial charge is 0.353 e. The molecule has 4 aliphatic carbocycles. The van der Waals surface area contributed by atoms with Crippen LogP contribution >= 0.6 is 0 Å². The van der Waals surface area contributed by atoms with Crippen molar-refractivity contribution in [3.8, 4) is 0 Å². The molecule has 6 rings (SSSR count). The molecule has 1 aromatic carbocycles.